The minimum atomic E-state index is -2.85. The summed E-state index contributed by atoms with van der Waals surface area (Å²) in [7, 11) is -2.85. The fraction of sp³-hybridized carbons (Fsp3) is 0.938. The van der Waals surface area contributed by atoms with E-state index in [1.807, 2.05) is 0 Å². The highest BCUT2D eigenvalue weighted by Gasteiger charge is 2.16. The van der Waals surface area contributed by atoms with Gasteiger partial charge in [-0.1, -0.05) is 78.1 Å². The number of rotatable bonds is 13. The highest BCUT2D eigenvalue weighted by molar-refractivity contribution is 7.95. The lowest BCUT2D eigenvalue weighted by atomic mass is 10.0. The Kier molecular flexibility index (Phi) is 11.8. The van der Waals surface area contributed by atoms with E-state index in [9.17, 15) is 8.76 Å². The molecule has 0 heterocycles. The Morgan fingerprint density at radius 3 is 1.53 bits per heavy atom. The smallest absolute Gasteiger partial charge is 0.0775 e. The molecular formula is C16H34O2S. The Morgan fingerprint density at radius 1 is 0.842 bits per heavy atom. The van der Waals surface area contributed by atoms with Crippen LogP contribution in [0.2, 0.25) is 0 Å². The molecule has 0 fully saturated rings. The van der Waals surface area contributed by atoms with Crippen molar-refractivity contribution >= 4 is 15.7 Å². The van der Waals surface area contributed by atoms with Gasteiger partial charge in [-0.05, 0) is 18.7 Å². The van der Waals surface area contributed by atoms with E-state index < -0.39 is 9.80 Å². The van der Waals surface area contributed by atoms with Gasteiger partial charge in [0.2, 0.25) is 0 Å². The first kappa shape index (κ1) is 19.0. The van der Waals surface area contributed by atoms with Gasteiger partial charge in [0.1, 0.15) is 0 Å². The SMILES string of the molecule is C=S(=O)(O)C(CCCCCCC)CCCCCCC. The van der Waals surface area contributed by atoms with Crippen molar-refractivity contribution in [2.45, 2.75) is 96.1 Å². The van der Waals surface area contributed by atoms with E-state index >= 15 is 0 Å². The molecule has 0 saturated carbocycles. The Labute approximate surface area is 121 Å². The molecule has 0 radical (unpaired) electrons. The van der Waals surface area contributed by atoms with Gasteiger partial charge in [0, 0.05) is 0 Å². The molecule has 116 valence electrons. The Morgan fingerprint density at radius 2 is 1.21 bits per heavy atom. The van der Waals surface area contributed by atoms with Crippen molar-refractivity contribution in [2.75, 3.05) is 0 Å². The minimum absolute atomic E-state index is 0.0873. The number of hydrogen-bond acceptors (Lipinski definition) is 1. The first-order chi connectivity index (χ1) is 9.02. The van der Waals surface area contributed by atoms with E-state index in [4.69, 9.17) is 0 Å². The summed E-state index contributed by atoms with van der Waals surface area (Å²) in [4.78, 5) is 0. The Bertz CT molecular complexity index is 269. The second-order valence-corrected chi connectivity index (χ2v) is 7.76. The van der Waals surface area contributed by atoms with E-state index in [0.717, 1.165) is 25.7 Å². The maximum atomic E-state index is 11.8. The molecule has 0 aromatic rings. The van der Waals surface area contributed by atoms with Crippen molar-refractivity contribution in [3.8, 4) is 0 Å². The van der Waals surface area contributed by atoms with Crippen LogP contribution < -0.4 is 0 Å². The number of unbranched alkanes of at least 4 members (excludes halogenated alkanes) is 8. The van der Waals surface area contributed by atoms with E-state index in [1.165, 1.54) is 51.4 Å². The van der Waals surface area contributed by atoms with Crippen molar-refractivity contribution in [3.05, 3.63) is 0 Å². The second-order valence-electron chi connectivity index (χ2n) is 5.72. The van der Waals surface area contributed by atoms with Gasteiger partial charge in [-0.15, -0.1) is 0 Å². The lowest BCUT2D eigenvalue weighted by molar-refractivity contribution is 0.497. The van der Waals surface area contributed by atoms with Crippen LogP contribution in [0.3, 0.4) is 0 Å². The molecule has 0 bridgehead atoms. The van der Waals surface area contributed by atoms with Gasteiger partial charge < -0.3 is 4.55 Å². The summed E-state index contributed by atoms with van der Waals surface area (Å²) in [5, 5.41) is -0.0873. The summed E-state index contributed by atoms with van der Waals surface area (Å²) in [6.07, 6.45) is 13.8. The molecule has 0 spiro atoms. The van der Waals surface area contributed by atoms with Crippen LogP contribution in [-0.2, 0) is 9.80 Å². The maximum Gasteiger partial charge on any atom is 0.0775 e. The average Bonchev–Trinajstić information content (AvgIpc) is 2.34. The Hall–Kier alpha value is -0.0200. The average molecular weight is 291 g/mol. The topological polar surface area (TPSA) is 37.3 Å². The summed E-state index contributed by atoms with van der Waals surface area (Å²) in [6, 6.07) is 0. The van der Waals surface area contributed by atoms with Crippen molar-refractivity contribution < 1.29 is 8.76 Å². The van der Waals surface area contributed by atoms with Gasteiger partial charge in [0.25, 0.3) is 0 Å². The van der Waals surface area contributed by atoms with E-state index in [2.05, 4.69) is 19.7 Å². The fourth-order valence-corrected chi connectivity index (χ4v) is 3.53. The first-order valence-electron chi connectivity index (χ1n) is 8.10. The van der Waals surface area contributed by atoms with Crippen LogP contribution in [0.15, 0.2) is 0 Å². The number of hydrogen-bond donors (Lipinski definition) is 1. The summed E-state index contributed by atoms with van der Waals surface area (Å²) in [5.74, 6) is 3.48. The van der Waals surface area contributed by atoms with Crippen molar-refractivity contribution in [1.82, 2.24) is 0 Å². The Balaban J connectivity index is 3.84. The molecule has 1 N–H and O–H groups in total. The normalized spacial score (nSPS) is 14.7. The van der Waals surface area contributed by atoms with Crippen LogP contribution in [0.25, 0.3) is 0 Å². The molecule has 1 unspecified atom stereocenters. The van der Waals surface area contributed by atoms with E-state index in [0.29, 0.717) is 0 Å². The molecule has 0 amide bonds. The van der Waals surface area contributed by atoms with Gasteiger partial charge >= 0.3 is 0 Å². The van der Waals surface area contributed by atoms with Crippen molar-refractivity contribution in [1.29, 1.82) is 0 Å². The highest BCUT2D eigenvalue weighted by Crippen LogP contribution is 2.18. The molecule has 1 atom stereocenters. The third kappa shape index (κ3) is 11.5. The quantitative estimate of drug-likeness (QED) is 0.371. The van der Waals surface area contributed by atoms with Crippen LogP contribution in [0.1, 0.15) is 90.9 Å². The van der Waals surface area contributed by atoms with Gasteiger partial charge in [0.05, 0.1) is 15.1 Å². The predicted octanol–water partition coefficient (Wildman–Crippen LogP) is 5.27. The van der Waals surface area contributed by atoms with Crippen LogP contribution >= 0.6 is 0 Å². The van der Waals surface area contributed by atoms with E-state index in [-0.39, 0.29) is 5.25 Å². The summed E-state index contributed by atoms with van der Waals surface area (Å²) in [5.41, 5.74) is 0. The lowest BCUT2D eigenvalue weighted by Crippen LogP contribution is -2.20. The van der Waals surface area contributed by atoms with Gasteiger partial charge in [-0.2, -0.15) is 0 Å². The molecule has 0 aromatic heterocycles. The minimum Gasteiger partial charge on any atom is -0.314 e. The summed E-state index contributed by atoms with van der Waals surface area (Å²) in [6.45, 7) is 4.41. The third-order valence-electron chi connectivity index (χ3n) is 3.78. The standard InChI is InChI=1S/C16H34O2S/c1-4-6-8-10-12-14-16(19(3,17)18)15-13-11-9-7-5-2/h16H,3-15H2,1-2H3,(H,17,18). The van der Waals surface area contributed by atoms with Crippen LogP contribution in [0.5, 0.6) is 0 Å². The van der Waals surface area contributed by atoms with Gasteiger partial charge in [-0.25, -0.2) is 4.21 Å². The molecule has 3 heteroatoms. The predicted molar refractivity (Wildman–Crippen MR) is 88.4 cm³/mol. The largest absolute Gasteiger partial charge is 0.314 e. The molecule has 0 saturated heterocycles. The van der Waals surface area contributed by atoms with Gasteiger partial charge in [0.15, 0.2) is 0 Å². The molecule has 0 aromatic carbocycles. The molecule has 0 aliphatic heterocycles. The molecular weight excluding hydrogens is 256 g/mol. The highest BCUT2D eigenvalue weighted by atomic mass is 32.2. The van der Waals surface area contributed by atoms with Crippen LogP contribution in [0, 0.1) is 0 Å². The molecule has 0 aliphatic rings. The summed E-state index contributed by atoms with van der Waals surface area (Å²) >= 11 is 0. The fourth-order valence-electron chi connectivity index (χ4n) is 2.46. The molecule has 2 nitrogen and oxygen atoms in total. The summed E-state index contributed by atoms with van der Waals surface area (Å²) < 4.78 is 21.5. The van der Waals surface area contributed by atoms with E-state index in [1.54, 1.807) is 0 Å². The van der Waals surface area contributed by atoms with Crippen LogP contribution in [0.4, 0.5) is 0 Å². The molecule has 0 rings (SSSR count). The zero-order valence-corrected chi connectivity index (χ0v) is 13.8. The second kappa shape index (κ2) is 11.8. The first-order valence-corrected chi connectivity index (χ1v) is 9.85. The lowest BCUT2D eigenvalue weighted by Gasteiger charge is -2.17. The molecule has 19 heavy (non-hydrogen) atoms. The third-order valence-corrected chi connectivity index (χ3v) is 5.29. The molecule has 0 aliphatic carbocycles. The monoisotopic (exact) mass is 290 g/mol. The van der Waals surface area contributed by atoms with Crippen molar-refractivity contribution in [2.24, 2.45) is 0 Å². The zero-order chi connectivity index (χ0) is 14.6. The maximum absolute atomic E-state index is 11.8. The van der Waals surface area contributed by atoms with Gasteiger partial charge in [-0.3, -0.25) is 0 Å². The van der Waals surface area contributed by atoms with Crippen molar-refractivity contribution in [3.63, 3.8) is 0 Å². The zero-order valence-electron chi connectivity index (χ0n) is 13.0. The van der Waals surface area contributed by atoms with Crippen LogP contribution in [-0.4, -0.2) is 19.9 Å².